The number of phenolic OH excluding ortho intramolecular Hbond substituents is 1. The Hall–Kier alpha value is -2.56. The molecule has 1 amide bonds. The second kappa shape index (κ2) is 5.61. The predicted molar refractivity (Wildman–Crippen MR) is 73.7 cm³/mol. The summed E-state index contributed by atoms with van der Waals surface area (Å²) < 4.78 is 18.3. The fourth-order valence-corrected chi connectivity index (χ4v) is 1.80. The number of methoxy groups -OCH3 is 1. The zero-order valence-corrected chi connectivity index (χ0v) is 11.1. The summed E-state index contributed by atoms with van der Waals surface area (Å²) >= 11 is 0. The minimum Gasteiger partial charge on any atom is -0.504 e. The third kappa shape index (κ3) is 2.56. The van der Waals surface area contributed by atoms with Gasteiger partial charge in [-0.1, -0.05) is 12.1 Å². The molecule has 2 rings (SSSR count). The topological polar surface area (TPSA) is 58.6 Å². The smallest absolute Gasteiger partial charge is 0.259 e. The highest BCUT2D eigenvalue weighted by Gasteiger charge is 2.16. The molecule has 0 saturated heterocycles. The van der Waals surface area contributed by atoms with Gasteiger partial charge in [0, 0.05) is 11.3 Å². The molecular weight excluding hydrogens is 261 g/mol. The lowest BCUT2D eigenvalue weighted by Crippen LogP contribution is -2.13. The molecule has 0 aromatic heterocycles. The number of nitrogens with one attached hydrogen (secondary N) is 1. The molecule has 0 bridgehead atoms. The first-order valence-corrected chi connectivity index (χ1v) is 5.97. The summed E-state index contributed by atoms with van der Waals surface area (Å²) in [5.74, 6) is -0.983. The van der Waals surface area contributed by atoms with Gasteiger partial charge in [-0.25, -0.2) is 4.39 Å². The summed E-state index contributed by atoms with van der Waals surface area (Å²) in [6.07, 6.45) is 0. The molecule has 20 heavy (non-hydrogen) atoms. The summed E-state index contributed by atoms with van der Waals surface area (Å²) in [4.78, 5) is 12.1. The fraction of sp³-hybridized carbons (Fsp3) is 0.133. The van der Waals surface area contributed by atoms with Gasteiger partial charge in [0.2, 0.25) is 0 Å². The van der Waals surface area contributed by atoms with Crippen LogP contribution in [0.1, 0.15) is 15.9 Å². The lowest BCUT2D eigenvalue weighted by atomic mass is 10.1. The molecule has 5 heteroatoms. The highest BCUT2D eigenvalue weighted by molar-refractivity contribution is 6.06. The molecule has 0 saturated carbocycles. The number of rotatable bonds is 3. The molecule has 0 aliphatic rings. The Morgan fingerprint density at radius 3 is 2.65 bits per heavy atom. The monoisotopic (exact) mass is 275 g/mol. The average molecular weight is 275 g/mol. The van der Waals surface area contributed by atoms with E-state index in [9.17, 15) is 14.3 Å². The van der Waals surface area contributed by atoms with Crippen molar-refractivity contribution >= 4 is 11.6 Å². The fourth-order valence-electron chi connectivity index (χ4n) is 1.80. The Bertz CT molecular complexity index is 656. The van der Waals surface area contributed by atoms with Crippen LogP contribution in [-0.2, 0) is 0 Å². The van der Waals surface area contributed by atoms with E-state index in [4.69, 9.17) is 4.74 Å². The van der Waals surface area contributed by atoms with Crippen LogP contribution in [0.5, 0.6) is 11.5 Å². The van der Waals surface area contributed by atoms with E-state index < -0.39 is 11.7 Å². The maximum atomic E-state index is 13.4. The standard InChI is InChI=1S/C15H14FNO3/c1-9-11(16)6-4-7-12(9)17-15(19)10-5-3-8-13(20-2)14(10)18/h3-8,18H,1-2H3,(H,17,19). The number of carbonyl (C=O) groups excluding carboxylic acids is 1. The van der Waals surface area contributed by atoms with Crippen LogP contribution >= 0.6 is 0 Å². The van der Waals surface area contributed by atoms with E-state index in [0.29, 0.717) is 11.3 Å². The summed E-state index contributed by atoms with van der Waals surface area (Å²) in [5.41, 5.74) is 0.758. The molecule has 0 heterocycles. The molecule has 0 spiro atoms. The van der Waals surface area contributed by atoms with Crippen molar-refractivity contribution in [3.63, 3.8) is 0 Å². The van der Waals surface area contributed by atoms with Gasteiger partial charge >= 0.3 is 0 Å². The van der Waals surface area contributed by atoms with Crippen molar-refractivity contribution in [3.8, 4) is 11.5 Å². The molecule has 0 atom stereocenters. The van der Waals surface area contributed by atoms with Gasteiger partial charge < -0.3 is 15.2 Å². The van der Waals surface area contributed by atoms with Gasteiger partial charge in [-0.2, -0.15) is 0 Å². The molecule has 2 aromatic rings. The number of halogens is 1. The van der Waals surface area contributed by atoms with Gasteiger partial charge in [0.15, 0.2) is 11.5 Å². The van der Waals surface area contributed by atoms with Crippen molar-refractivity contribution in [1.29, 1.82) is 0 Å². The third-order valence-corrected chi connectivity index (χ3v) is 2.98. The maximum absolute atomic E-state index is 13.4. The predicted octanol–water partition coefficient (Wildman–Crippen LogP) is 3.10. The average Bonchev–Trinajstić information content (AvgIpc) is 2.44. The van der Waals surface area contributed by atoms with Crippen LogP contribution < -0.4 is 10.1 Å². The molecule has 2 N–H and O–H groups in total. The van der Waals surface area contributed by atoms with Crippen LogP contribution in [-0.4, -0.2) is 18.1 Å². The van der Waals surface area contributed by atoms with Crippen LogP contribution in [0, 0.1) is 12.7 Å². The van der Waals surface area contributed by atoms with E-state index in [2.05, 4.69) is 5.32 Å². The second-order valence-corrected chi connectivity index (χ2v) is 4.22. The van der Waals surface area contributed by atoms with Crippen molar-refractivity contribution < 1.29 is 19.0 Å². The Kier molecular flexibility index (Phi) is 3.89. The first kappa shape index (κ1) is 13.9. The lowest BCUT2D eigenvalue weighted by Gasteiger charge is -2.11. The number of amides is 1. The zero-order chi connectivity index (χ0) is 14.7. The largest absolute Gasteiger partial charge is 0.504 e. The van der Waals surface area contributed by atoms with E-state index in [1.54, 1.807) is 25.1 Å². The second-order valence-electron chi connectivity index (χ2n) is 4.22. The van der Waals surface area contributed by atoms with Crippen LogP contribution in [0.2, 0.25) is 0 Å². The lowest BCUT2D eigenvalue weighted by molar-refractivity contribution is 0.102. The molecule has 4 nitrogen and oxygen atoms in total. The number of carbonyl (C=O) groups is 1. The highest BCUT2D eigenvalue weighted by Crippen LogP contribution is 2.30. The molecule has 0 radical (unpaired) electrons. The zero-order valence-electron chi connectivity index (χ0n) is 11.1. The Balaban J connectivity index is 2.31. The summed E-state index contributed by atoms with van der Waals surface area (Å²) in [7, 11) is 1.40. The van der Waals surface area contributed by atoms with E-state index in [1.807, 2.05) is 0 Å². The van der Waals surface area contributed by atoms with Gasteiger partial charge in [-0.15, -0.1) is 0 Å². The molecule has 104 valence electrons. The van der Waals surface area contributed by atoms with E-state index in [0.717, 1.165) is 0 Å². The van der Waals surface area contributed by atoms with Crippen LogP contribution in [0.4, 0.5) is 10.1 Å². The minimum absolute atomic E-state index is 0.0630. The van der Waals surface area contributed by atoms with Crippen molar-refractivity contribution in [3.05, 3.63) is 53.3 Å². The molecule has 2 aromatic carbocycles. The number of anilines is 1. The van der Waals surface area contributed by atoms with Gasteiger partial charge in [-0.05, 0) is 31.2 Å². The van der Waals surface area contributed by atoms with Gasteiger partial charge in [0.25, 0.3) is 5.91 Å². The number of para-hydroxylation sites is 1. The van der Waals surface area contributed by atoms with Crippen molar-refractivity contribution in [1.82, 2.24) is 0 Å². The van der Waals surface area contributed by atoms with Gasteiger partial charge in [0.05, 0.1) is 12.7 Å². The van der Waals surface area contributed by atoms with Crippen LogP contribution in [0.15, 0.2) is 36.4 Å². The minimum atomic E-state index is -0.532. The molecule has 0 fully saturated rings. The van der Waals surface area contributed by atoms with Gasteiger partial charge in [0.1, 0.15) is 5.82 Å². The Morgan fingerprint density at radius 2 is 1.95 bits per heavy atom. The molecule has 0 unspecified atom stereocenters. The highest BCUT2D eigenvalue weighted by atomic mass is 19.1. The van der Waals surface area contributed by atoms with Crippen LogP contribution in [0.3, 0.4) is 0 Å². The Morgan fingerprint density at radius 1 is 1.25 bits per heavy atom. The first-order chi connectivity index (χ1) is 9.54. The van der Waals surface area contributed by atoms with Crippen molar-refractivity contribution in [2.24, 2.45) is 0 Å². The molecular formula is C15H14FNO3. The summed E-state index contributed by atoms with van der Waals surface area (Å²) in [6, 6.07) is 9.00. The normalized spacial score (nSPS) is 10.2. The molecule has 0 aliphatic heterocycles. The van der Waals surface area contributed by atoms with Crippen molar-refractivity contribution in [2.75, 3.05) is 12.4 Å². The number of hydrogen-bond donors (Lipinski definition) is 2. The third-order valence-electron chi connectivity index (χ3n) is 2.98. The first-order valence-electron chi connectivity index (χ1n) is 5.97. The SMILES string of the molecule is COc1cccc(C(=O)Nc2cccc(F)c2C)c1O. The maximum Gasteiger partial charge on any atom is 0.259 e. The number of aromatic hydroxyl groups is 1. The summed E-state index contributed by atoms with van der Waals surface area (Å²) in [5, 5.41) is 12.5. The van der Waals surface area contributed by atoms with E-state index >= 15 is 0 Å². The quantitative estimate of drug-likeness (QED) is 0.905. The van der Waals surface area contributed by atoms with Crippen LogP contribution in [0.25, 0.3) is 0 Å². The number of benzene rings is 2. The number of hydrogen-bond acceptors (Lipinski definition) is 3. The van der Waals surface area contributed by atoms with E-state index in [1.165, 1.54) is 25.3 Å². The number of ether oxygens (including phenoxy) is 1. The van der Waals surface area contributed by atoms with Gasteiger partial charge in [-0.3, -0.25) is 4.79 Å². The summed E-state index contributed by atoms with van der Waals surface area (Å²) in [6.45, 7) is 1.57. The van der Waals surface area contributed by atoms with E-state index in [-0.39, 0.29) is 17.1 Å². The van der Waals surface area contributed by atoms with Crippen molar-refractivity contribution in [2.45, 2.75) is 6.92 Å². The molecule has 0 aliphatic carbocycles. The number of phenols is 1. The Labute approximate surface area is 115 Å².